The van der Waals surface area contributed by atoms with Crippen LogP contribution >= 0.6 is 0 Å². The molecule has 10 heteroatoms. The lowest BCUT2D eigenvalue weighted by Crippen LogP contribution is -2.37. The molecular weight excluding hydrogens is 851 g/mol. The van der Waals surface area contributed by atoms with Gasteiger partial charge in [0.05, 0.1) is 38.1 Å². The molecule has 68 heavy (non-hydrogen) atoms. The van der Waals surface area contributed by atoms with Crippen LogP contribution in [0.1, 0.15) is 259 Å². The van der Waals surface area contributed by atoms with Crippen LogP contribution < -0.4 is 5.32 Å². The van der Waals surface area contributed by atoms with Gasteiger partial charge in [-0.3, -0.25) is 19.2 Å². The fourth-order valence-corrected chi connectivity index (χ4v) is 8.85. The van der Waals surface area contributed by atoms with Crippen molar-refractivity contribution in [2.45, 2.75) is 259 Å². The third-order valence-electron chi connectivity index (χ3n) is 13.4. The van der Waals surface area contributed by atoms with Gasteiger partial charge in [-0.25, -0.2) is 0 Å². The Bertz CT molecular complexity index is 1080. The summed E-state index contributed by atoms with van der Waals surface area (Å²) in [5, 5.41) is 2.78. The number of unbranched alkanes of at least 4 members (excludes halogenated alkanes) is 28. The Morgan fingerprint density at radius 2 is 0.735 bits per heavy atom. The van der Waals surface area contributed by atoms with Crippen LogP contribution in [0.4, 0.5) is 0 Å². The Hall–Kier alpha value is -2.46. The second kappa shape index (κ2) is 50.9. The summed E-state index contributed by atoms with van der Waals surface area (Å²) >= 11 is 0. The van der Waals surface area contributed by atoms with E-state index in [9.17, 15) is 19.2 Å². The van der Waals surface area contributed by atoms with E-state index >= 15 is 0 Å². The maximum absolute atomic E-state index is 13.7. The van der Waals surface area contributed by atoms with Gasteiger partial charge in [0.15, 0.2) is 0 Å². The maximum atomic E-state index is 13.7. The Morgan fingerprint density at radius 3 is 1.06 bits per heavy atom. The van der Waals surface area contributed by atoms with Crippen molar-refractivity contribution in [3.05, 3.63) is 12.2 Å². The van der Waals surface area contributed by atoms with Crippen molar-refractivity contribution in [3.63, 3.8) is 0 Å². The topological polar surface area (TPSA) is 114 Å². The molecule has 0 spiro atoms. The first-order valence-electron chi connectivity index (χ1n) is 29.0. The van der Waals surface area contributed by atoms with Crippen LogP contribution in [0.25, 0.3) is 0 Å². The Morgan fingerprint density at radius 1 is 0.412 bits per heavy atom. The molecule has 2 amide bonds. The normalized spacial score (nSPS) is 11.7. The second-order valence-corrected chi connectivity index (χ2v) is 20.1. The van der Waals surface area contributed by atoms with Crippen LogP contribution in [-0.2, 0) is 33.4 Å². The molecular formula is C58H111N3O7. The van der Waals surface area contributed by atoms with Crippen molar-refractivity contribution in [1.82, 2.24) is 15.1 Å². The quantitative estimate of drug-likeness (QED) is 0.0364. The fourth-order valence-electron chi connectivity index (χ4n) is 8.85. The number of carbonyl (C=O) groups is 4. The zero-order valence-corrected chi connectivity index (χ0v) is 45.7. The minimum atomic E-state index is -0.390. The molecule has 0 unspecified atom stereocenters. The summed E-state index contributed by atoms with van der Waals surface area (Å²) in [6.07, 6.45) is 44.9. The molecule has 0 saturated carbocycles. The maximum Gasteiger partial charge on any atom is 0.308 e. The molecule has 0 fully saturated rings. The first-order valence-corrected chi connectivity index (χ1v) is 29.0. The van der Waals surface area contributed by atoms with Gasteiger partial charge in [0, 0.05) is 25.2 Å². The highest BCUT2D eigenvalue weighted by molar-refractivity contribution is 5.96. The summed E-state index contributed by atoms with van der Waals surface area (Å²) in [4.78, 5) is 57.2. The van der Waals surface area contributed by atoms with E-state index in [1.165, 1.54) is 171 Å². The van der Waals surface area contributed by atoms with Crippen LogP contribution in [0.3, 0.4) is 0 Å². The van der Waals surface area contributed by atoms with Crippen molar-refractivity contribution < 1.29 is 33.4 Å². The van der Waals surface area contributed by atoms with Gasteiger partial charge in [-0.05, 0) is 39.8 Å². The van der Waals surface area contributed by atoms with Gasteiger partial charge in [0.2, 0.25) is 11.8 Å². The summed E-state index contributed by atoms with van der Waals surface area (Å²) in [6, 6.07) is 0. The van der Waals surface area contributed by atoms with E-state index in [1.54, 1.807) is 0 Å². The van der Waals surface area contributed by atoms with E-state index < -0.39 is 5.91 Å². The van der Waals surface area contributed by atoms with Crippen molar-refractivity contribution in [3.8, 4) is 0 Å². The van der Waals surface area contributed by atoms with Gasteiger partial charge in [-0.15, -0.1) is 0 Å². The molecule has 0 heterocycles. The minimum absolute atomic E-state index is 0.0493. The van der Waals surface area contributed by atoms with E-state index in [-0.39, 0.29) is 56.0 Å². The molecule has 0 bridgehead atoms. The molecule has 0 aromatic heterocycles. The molecule has 0 saturated heterocycles. The highest BCUT2D eigenvalue weighted by atomic mass is 16.5. The van der Waals surface area contributed by atoms with Gasteiger partial charge < -0.3 is 29.3 Å². The summed E-state index contributed by atoms with van der Waals surface area (Å²) in [7, 11) is 3.96. The van der Waals surface area contributed by atoms with Crippen molar-refractivity contribution in [2.24, 2.45) is 11.8 Å². The van der Waals surface area contributed by atoms with E-state index in [2.05, 4.69) is 33.0 Å². The van der Waals surface area contributed by atoms with Gasteiger partial charge in [-0.2, -0.15) is 0 Å². The number of amides is 2. The van der Waals surface area contributed by atoms with Gasteiger partial charge >= 0.3 is 11.9 Å². The van der Waals surface area contributed by atoms with E-state index in [0.717, 1.165) is 83.6 Å². The molecule has 0 aromatic rings. The molecule has 0 rings (SSSR count). The average molecular weight is 963 g/mol. The number of nitrogens with zero attached hydrogens (tertiary/aromatic N) is 2. The van der Waals surface area contributed by atoms with E-state index in [4.69, 9.17) is 14.2 Å². The molecule has 0 radical (unpaired) electrons. The summed E-state index contributed by atoms with van der Waals surface area (Å²) in [5.41, 5.74) is 0. The van der Waals surface area contributed by atoms with Gasteiger partial charge in [-0.1, -0.05) is 233 Å². The van der Waals surface area contributed by atoms with E-state index in [0.29, 0.717) is 19.8 Å². The summed E-state index contributed by atoms with van der Waals surface area (Å²) in [6.45, 7) is 11.5. The van der Waals surface area contributed by atoms with Crippen LogP contribution in [-0.4, -0.2) is 100 Å². The first-order chi connectivity index (χ1) is 33.2. The van der Waals surface area contributed by atoms with Crippen molar-refractivity contribution in [1.29, 1.82) is 0 Å². The standard InChI is InChI=1S/C58H111N3O7/c1-7-11-15-19-23-27-31-35-39-53(40-36-32-28-24-20-16-12-8-2)57(64)67-51-47-61(56(63)44-43-55(62)59-45-49-66-50-46-60(5)6)48-52-68-58(65)54(41-37-33-29-25-21-17-13-9-3)42-38-34-30-26-22-18-14-10-4/h43-44,53-54H,7-42,45-52H2,1-6H3,(H,59,62). The highest BCUT2D eigenvalue weighted by Crippen LogP contribution is 2.23. The predicted molar refractivity (Wildman–Crippen MR) is 286 cm³/mol. The minimum Gasteiger partial charge on any atom is -0.464 e. The van der Waals surface area contributed by atoms with Crippen LogP contribution in [0.15, 0.2) is 12.2 Å². The number of rotatable bonds is 52. The SMILES string of the molecule is CCCCCCCCCCC(CCCCCCCCCC)C(=O)OCCN(CCOC(=O)C(CCCCCCCCCC)CCCCCCCCCC)C(=O)C=CC(=O)NCCOCCN(C)C. The number of ether oxygens (including phenoxy) is 3. The summed E-state index contributed by atoms with van der Waals surface area (Å²) < 4.78 is 17.5. The number of hydrogen-bond donors (Lipinski definition) is 1. The predicted octanol–water partition coefficient (Wildman–Crippen LogP) is 14.5. The lowest BCUT2D eigenvalue weighted by molar-refractivity contribution is -0.151. The molecule has 1 N–H and O–H groups in total. The number of nitrogens with one attached hydrogen (secondary N) is 1. The van der Waals surface area contributed by atoms with Crippen LogP contribution in [0.5, 0.6) is 0 Å². The molecule has 0 aliphatic carbocycles. The van der Waals surface area contributed by atoms with E-state index in [1.807, 2.05) is 19.0 Å². The highest BCUT2D eigenvalue weighted by Gasteiger charge is 2.23. The van der Waals surface area contributed by atoms with Gasteiger partial charge in [0.25, 0.3) is 0 Å². The molecule has 10 nitrogen and oxygen atoms in total. The Labute approximate surface area is 420 Å². The van der Waals surface area contributed by atoms with Crippen LogP contribution in [0, 0.1) is 11.8 Å². The van der Waals surface area contributed by atoms with Crippen molar-refractivity contribution >= 4 is 23.8 Å². The van der Waals surface area contributed by atoms with Crippen molar-refractivity contribution in [2.75, 3.05) is 66.7 Å². The molecule has 400 valence electrons. The molecule has 0 aliphatic rings. The monoisotopic (exact) mass is 962 g/mol. The fraction of sp³-hybridized carbons (Fsp3) is 0.897. The first kappa shape index (κ1) is 65.5. The number of esters is 2. The number of likely N-dealkylation sites (N-methyl/N-ethyl adjacent to an activating group) is 1. The molecule has 0 aromatic carbocycles. The van der Waals surface area contributed by atoms with Gasteiger partial charge in [0.1, 0.15) is 13.2 Å². The Kier molecular flexibility index (Phi) is 49.1. The third kappa shape index (κ3) is 43.6. The molecule has 0 aliphatic heterocycles. The zero-order chi connectivity index (χ0) is 50.0. The smallest absolute Gasteiger partial charge is 0.308 e. The zero-order valence-electron chi connectivity index (χ0n) is 45.7. The third-order valence-corrected chi connectivity index (χ3v) is 13.4. The lowest BCUT2D eigenvalue weighted by atomic mass is 9.94. The molecule has 0 atom stereocenters. The largest absolute Gasteiger partial charge is 0.464 e. The Balaban J connectivity index is 5.65. The second-order valence-electron chi connectivity index (χ2n) is 20.1. The van der Waals surface area contributed by atoms with Crippen LogP contribution in [0.2, 0.25) is 0 Å². The lowest BCUT2D eigenvalue weighted by Gasteiger charge is -2.23. The average Bonchev–Trinajstić information content (AvgIpc) is 3.32. The summed E-state index contributed by atoms with van der Waals surface area (Å²) in [5.74, 6) is -1.42. The number of carbonyl (C=O) groups excluding carboxylic acids is 4. The number of hydrogen-bond acceptors (Lipinski definition) is 8.